The van der Waals surface area contributed by atoms with E-state index >= 15 is 0 Å². The third-order valence-electron chi connectivity index (χ3n) is 6.67. The average molecular weight is 374 g/mol. The number of hydrogen-bond acceptors (Lipinski definition) is 3. The van der Waals surface area contributed by atoms with Crippen molar-refractivity contribution in [2.24, 2.45) is 17.3 Å². The Morgan fingerprint density at radius 3 is 2.81 bits per heavy atom. The van der Waals surface area contributed by atoms with Gasteiger partial charge in [0.05, 0.1) is 11.8 Å². The summed E-state index contributed by atoms with van der Waals surface area (Å²) in [6, 6.07) is 9.79. The molecular formula is C21H27NO3S. The second-order valence-corrected chi connectivity index (χ2v) is 10.2. The number of amides is 1. The minimum atomic E-state index is -3.49. The number of hydrogen-bond donors (Lipinski definition) is 0. The Hall–Kier alpha value is -1.62. The van der Waals surface area contributed by atoms with Crippen molar-refractivity contribution in [3.63, 3.8) is 0 Å². The van der Waals surface area contributed by atoms with Crippen molar-refractivity contribution >= 4 is 15.9 Å². The molecule has 1 heterocycles. The summed E-state index contributed by atoms with van der Waals surface area (Å²) in [6.07, 6.45) is 7.69. The predicted octanol–water partition coefficient (Wildman–Crippen LogP) is 3.54. The first-order valence-corrected chi connectivity index (χ1v) is 11.3. The topological polar surface area (TPSA) is 54.5 Å². The lowest BCUT2D eigenvalue weighted by atomic mass is 9.81. The van der Waals surface area contributed by atoms with E-state index in [-0.39, 0.29) is 29.0 Å². The summed E-state index contributed by atoms with van der Waals surface area (Å²) in [6.45, 7) is 3.77. The summed E-state index contributed by atoms with van der Waals surface area (Å²) in [4.78, 5) is 13.4. The van der Waals surface area contributed by atoms with E-state index in [2.05, 4.69) is 6.58 Å². The van der Waals surface area contributed by atoms with E-state index in [1.807, 2.05) is 36.4 Å². The van der Waals surface area contributed by atoms with Crippen LogP contribution in [0.25, 0.3) is 0 Å². The van der Waals surface area contributed by atoms with Crippen LogP contribution in [0.1, 0.15) is 44.1 Å². The maximum absolute atomic E-state index is 13.4. The molecule has 0 unspecified atom stereocenters. The molecular weight excluding hydrogens is 346 g/mol. The van der Waals surface area contributed by atoms with E-state index in [9.17, 15) is 13.2 Å². The maximum Gasteiger partial charge on any atom is 0.239 e. The summed E-state index contributed by atoms with van der Waals surface area (Å²) >= 11 is 0. The van der Waals surface area contributed by atoms with Gasteiger partial charge in [0.25, 0.3) is 0 Å². The Kier molecular flexibility index (Phi) is 4.46. The molecule has 1 aromatic carbocycles. The quantitative estimate of drug-likeness (QED) is 0.717. The molecule has 2 bridgehead atoms. The van der Waals surface area contributed by atoms with Gasteiger partial charge in [0.2, 0.25) is 15.9 Å². The van der Waals surface area contributed by atoms with E-state index in [1.54, 1.807) is 0 Å². The van der Waals surface area contributed by atoms with E-state index in [1.165, 1.54) is 4.31 Å². The molecule has 1 amide bonds. The molecule has 3 aliphatic rings. The highest BCUT2D eigenvalue weighted by atomic mass is 32.2. The number of rotatable bonds is 6. The zero-order valence-corrected chi connectivity index (χ0v) is 16.0. The van der Waals surface area contributed by atoms with Crippen molar-refractivity contribution in [3.05, 3.63) is 48.6 Å². The van der Waals surface area contributed by atoms with Gasteiger partial charge in [-0.15, -0.1) is 6.58 Å². The molecule has 4 nitrogen and oxygen atoms in total. The second kappa shape index (κ2) is 6.52. The smallest absolute Gasteiger partial charge is 0.239 e. The van der Waals surface area contributed by atoms with Crippen molar-refractivity contribution in [2.45, 2.75) is 51.0 Å². The third kappa shape index (κ3) is 2.90. The summed E-state index contributed by atoms with van der Waals surface area (Å²) in [7, 11) is -3.49. The van der Waals surface area contributed by atoms with Crippen LogP contribution in [0.5, 0.6) is 0 Å². The standard InChI is InChI=1S/C21H27NO3S/c1-2-3-9-18(12-16-7-5-4-6-8-16)20(23)22-19-13-17-10-11-21(19,14-17)15-26(22,24)25/h2,4-8,17-19H,1,3,9-15H2/t17-,18+,19-,21-/m1/s1. The van der Waals surface area contributed by atoms with Gasteiger partial charge in [-0.3, -0.25) is 4.79 Å². The van der Waals surface area contributed by atoms with Crippen LogP contribution in [0.2, 0.25) is 0 Å². The van der Waals surface area contributed by atoms with Crippen molar-refractivity contribution in [1.82, 2.24) is 4.31 Å². The van der Waals surface area contributed by atoms with Gasteiger partial charge in [0, 0.05) is 11.3 Å². The van der Waals surface area contributed by atoms with Crippen molar-refractivity contribution in [3.8, 4) is 0 Å². The van der Waals surface area contributed by atoms with Crippen LogP contribution in [-0.4, -0.2) is 30.4 Å². The van der Waals surface area contributed by atoms with Crippen molar-refractivity contribution < 1.29 is 13.2 Å². The normalized spacial score (nSPS) is 32.4. The van der Waals surface area contributed by atoms with Gasteiger partial charge in [-0.1, -0.05) is 36.4 Å². The molecule has 26 heavy (non-hydrogen) atoms. The van der Waals surface area contributed by atoms with Crippen LogP contribution in [0.3, 0.4) is 0 Å². The Labute approximate surface area is 156 Å². The molecule has 0 aromatic heterocycles. The minimum Gasteiger partial charge on any atom is -0.273 e. The van der Waals surface area contributed by atoms with Crippen molar-refractivity contribution in [2.75, 3.05) is 5.75 Å². The Morgan fingerprint density at radius 2 is 2.12 bits per heavy atom. The lowest BCUT2D eigenvalue weighted by Gasteiger charge is -2.32. The molecule has 1 aliphatic heterocycles. The molecule has 4 rings (SSSR count). The van der Waals surface area contributed by atoms with Gasteiger partial charge < -0.3 is 0 Å². The summed E-state index contributed by atoms with van der Waals surface area (Å²) < 4.78 is 27.2. The zero-order valence-electron chi connectivity index (χ0n) is 15.1. The SMILES string of the molecule is C=CCC[C@@H](Cc1ccccc1)C(=O)N1[C@@H]2C[C@H]3CC[C@@]2(C3)CS1(=O)=O. The maximum atomic E-state index is 13.4. The first kappa shape index (κ1) is 17.8. The van der Waals surface area contributed by atoms with Gasteiger partial charge in [0.1, 0.15) is 0 Å². The number of benzene rings is 1. The minimum absolute atomic E-state index is 0.0965. The van der Waals surface area contributed by atoms with Crippen molar-refractivity contribution in [1.29, 1.82) is 0 Å². The number of carbonyl (C=O) groups is 1. The van der Waals surface area contributed by atoms with Gasteiger partial charge in [0.15, 0.2) is 0 Å². The van der Waals surface area contributed by atoms with Crippen LogP contribution < -0.4 is 0 Å². The summed E-state index contributed by atoms with van der Waals surface area (Å²) in [5, 5.41) is 0. The molecule has 2 saturated carbocycles. The lowest BCUT2D eigenvalue weighted by Crippen LogP contribution is -2.45. The molecule has 3 fully saturated rings. The number of fused-ring (bicyclic) bond motifs is 1. The lowest BCUT2D eigenvalue weighted by molar-refractivity contribution is -0.133. The number of nitrogens with zero attached hydrogens (tertiary/aromatic N) is 1. The van der Waals surface area contributed by atoms with Gasteiger partial charge in [-0.2, -0.15) is 0 Å². The summed E-state index contributed by atoms with van der Waals surface area (Å²) in [5.41, 5.74) is 0.920. The molecule has 1 aromatic rings. The molecule has 0 N–H and O–H groups in total. The monoisotopic (exact) mass is 373 g/mol. The van der Waals surface area contributed by atoms with Gasteiger partial charge in [-0.25, -0.2) is 12.7 Å². The largest absolute Gasteiger partial charge is 0.273 e. The first-order chi connectivity index (χ1) is 12.5. The van der Waals surface area contributed by atoms with Crippen LogP contribution in [0.4, 0.5) is 0 Å². The van der Waals surface area contributed by atoms with Crippen LogP contribution in [0.15, 0.2) is 43.0 Å². The highest BCUT2D eigenvalue weighted by Crippen LogP contribution is 2.60. The Morgan fingerprint density at radius 1 is 1.35 bits per heavy atom. The predicted molar refractivity (Wildman–Crippen MR) is 102 cm³/mol. The molecule has 1 spiro atoms. The number of allylic oxidation sites excluding steroid dienone is 1. The fourth-order valence-electron chi connectivity index (χ4n) is 5.54. The Balaban J connectivity index is 1.61. The molecule has 2 aliphatic carbocycles. The second-order valence-electron chi connectivity index (χ2n) is 8.37. The fourth-order valence-corrected chi connectivity index (χ4v) is 7.98. The van der Waals surface area contributed by atoms with Gasteiger partial charge >= 0.3 is 0 Å². The first-order valence-electron chi connectivity index (χ1n) is 9.66. The zero-order chi connectivity index (χ0) is 18.4. The molecule has 0 radical (unpaired) electrons. The number of carbonyl (C=O) groups excluding carboxylic acids is 1. The highest BCUT2D eigenvalue weighted by molar-refractivity contribution is 7.90. The Bertz CT molecular complexity index is 804. The highest BCUT2D eigenvalue weighted by Gasteiger charge is 2.64. The molecule has 5 heteroatoms. The summed E-state index contributed by atoms with van der Waals surface area (Å²) in [5.74, 6) is 0.281. The van der Waals surface area contributed by atoms with Crippen LogP contribution >= 0.6 is 0 Å². The van der Waals surface area contributed by atoms with E-state index in [4.69, 9.17) is 0 Å². The third-order valence-corrected chi connectivity index (χ3v) is 8.65. The van der Waals surface area contributed by atoms with Crippen LogP contribution in [-0.2, 0) is 21.2 Å². The van der Waals surface area contributed by atoms with E-state index in [0.29, 0.717) is 18.8 Å². The molecule has 1 saturated heterocycles. The number of sulfonamides is 1. The van der Waals surface area contributed by atoms with Gasteiger partial charge in [-0.05, 0) is 56.4 Å². The van der Waals surface area contributed by atoms with E-state index < -0.39 is 10.0 Å². The fraction of sp³-hybridized carbons (Fsp3) is 0.571. The average Bonchev–Trinajstić information content (AvgIpc) is 3.22. The molecule has 140 valence electrons. The van der Waals surface area contributed by atoms with Crippen LogP contribution in [0, 0.1) is 17.3 Å². The van der Waals surface area contributed by atoms with E-state index in [0.717, 1.165) is 37.7 Å². The molecule has 4 atom stereocenters.